The molecule has 2 N–H and O–H groups in total. The van der Waals surface area contributed by atoms with Gasteiger partial charge in [-0.15, -0.1) is 0 Å². The second-order valence-corrected chi connectivity index (χ2v) is 5.07. The van der Waals surface area contributed by atoms with Crippen LogP contribution in [0, 0.1) is 5.41 Å². The lowest BCUT2D eigenvalue weighted by atomic mass is 9.87. The van der Waals surface area contributed by atoms with Crippen LogP contribution in [0.3, 0.4) is 0 Å². The minimum absolute atomic E-state index is 0.101. The van der Waals surface area contributed by atoms with Gasteiger partial charge in [-0.25, -0.2) is 9.97 Å². The van der Waals surface area contributed by atoms with Gasteiger partial charge in [-0.3, -0.25) is 0 Å². The number of hydrogen-bond acceptors (Lipinski definition) is 4. The van der Waals surface area contributed by atoms with Crippen molar-refractivity contribution in [2.24, 2.45) is 5.41 Å². The van der Waals surface area contributed by atoms with E-state index < -0.39 is 0 Å². The van der Waals surface area contributed by atoms with E-state index in [1.165, 1.54) is 6.33 Å². The van der Waals surface area contributed by atoms with Crippen LogP contribution in [-0.4, -0.2) is 27.7 Å². The van der Waals surface area contributed by atoms with Crippen molar-refractivity contribution in [2.75, 3.05) is 6.54 Å². The highest BCUT2D eigenvalue weighted by Gasteiger charge is 2.19. The molecule has 1 atom stereocenters. The van der Waals surface area contributed by atoms with Gasteiger partial charge in [0.1, 0.15) is 6.33 Å². The first-order valence-corrected chi connectivity index (χ1v) is 5.62. The van der Waals surface area contributed by atoms with Crippen molar-refractivity contribution in [3.63, 3.8) is 0 Å². The van der Waals surface area contributed by atoms with Gasteiger partial charge in [-0.2, -0.15) is 0 Å². The summed E-state index contributed by atoms with van der Waals surface area (Å²) < 4.78 is 0. The van der Waals surface area contributed by atoms with Crippen LogP contribution in [0.5, 0.6) is 0 Å². The molecule has 0 bridgehead atoms. The van der Waals surface area contributed by atoms with Crippen molar-refractivity contribution in [2.45, 2.75) is 39.8 Å². The van der Waals surface area contributed by atoms with Crippen LogP contribution in [0.2, 0.25) is 0 Å². The molecule has 0 aliphatic rings. The number of nitrogens with zero attached hydrogens (tertiary/aromatic N) is 2. The fourth-order valence-corrected chi connectivity index (χ4v) is 1.84. The van der Waals surface area contributed by atoms with Gasteiger partial charge in [0.15, 0.2) is 0 Å². The van der Waals surface area contributed by atoms with Gasteiger partial charge in [-0.05, 0) is 18.8 Å². The largest absolute Gasteiger partial charge is 0.393 e. The van der Waals surface area contributed by atoms with Gasteiger partial charge in [-0.1, -0.05) is 13.8 Å². The Labute approximate surface area is 97.1 Å². The Morgan fingerprint density at radius 1 is 1.38 bits per heavy atom. The van der Waals surface area contributed by atoms with E-state index in [0.29, 0.717) is 0 Å². The Balaban J connectivity index is 2.30. The molecule has 0 fully saturated rings. The lowest BCUT2D eigenvalue weighted by Gasteiger charge is -2.26. The third-order valence-electron chi connectivity index (χ3n) is 2.39. The molecule has 1 rings (SSSR count). The molecular weight excluding hydrogens is 202 g/mol. The van der Waals surface area contributed by atoms with E-state index in [9.17, 15) is 5.11 Å². The van der Waals surface area contributed by atoms with Crippen molar-refractivity contribution in [3.05, 3.63) is 24.3 Å². The molecule has 4 heteroatoms. The monoisotopic (exact) mass is 223 g/mol. The molecule has 90 valence electrons. The smallest absolute Gasteiger partial charge is 0.115 e. The van der Waals surface area contributed by atoms with Crippen LogP contribution in [-0.2, 0) is 6.54 Å². The lowest BCUT2D eigenvalue weighted by Crippen LogP contribution is -2.31. The molecule has 0 radical (unpaired) electrons. The fraction of sp³-hybridized carbons (Fsp3) is 0.667. The van der Waals surface area contributed by atoms with E-state index in [0.717, 1.165) is 25.1 Å². The van der Waals surface area contributed by atoms with E-state index in [2.05, 4.69) is 29.1 Å². The number of aliphatic hydroxyl groups excluding tert-OH is 1. The Hall–Kier alpha value is -1.00. The number of rotatable bonds is 6. The summed E-state index contributed by atoms with van der Waals surface area (Å²) in [4.78, 5) is 7.91. The van der Waals surface area contributed by atoms with Crippen molar-refractivity contribution in [3.8, 4) is 0 Å². The topological polar surface area (TPSA) is 58.0 Å². The zero-order chi connectivity index (χ0) is 12.0. The molecule has 0 spiro atoms. The zero-order valence-corrected chi connectivity index (χ0v) is 10.3. The van der Waals surface area contributed by atoms with Crippen LogP contribution in [0.15, 0.2) is 18.7 Å². The third-order valence-corrected chi connectivity index (χ3v) is 2.39. The second-order valence-electron chi connectivity index (χ2n) is 5.07. The molecule has 0 aromatic carbocycles. The quantitative estimate of drug-likeness (QED) is 0.764. The summed E-state index contributed by atoms with van der Waals surface area (Å²) in [6.07, 6.45) is 5.69. The molecule has 0 aliphatic carbocycles. The second kappa shape index (κ2) is 5.92. The predicted octanol–water partition coefficient (Wildman–Crippen LogP) is 1.36. The normalized spacial score (nSPS) is 13.8. The summed E-state index contributed by atoms with van der Waals surface area (Å²) in [6.45, 7) is 7.76. The van der Waals surface area contributed by atoms with Gasteiger partial charge < -0.3 is 10.4 Å². The van der Waals surface area contributed by atoms with Gasteiger partial charge in [0, 0.05) is 31.0 Å². The minimum atomic E-state index is -0.253. The number of hydrogen-bond donors (Lipinski definition) is 2. The van der Waals surface area contributed by atoms with Gasteiger partial charge >= 0.3 is 0 Å². The average Bonchev–Trinajstić information content (AvgIpc) is 2.16. The van der Waals surface area contributed by atoms with Gasteiger partial charge in [0.2, 0.25) is 0 Å². The third kappa shape index (κ3) is 5.19. The maximum Gasteiger partial charge on any atom is 0.115 e. The molecule has 0 saturated heterocycles. The molecule has 0 saturated carbocycles. The zero-order valence-electron chi connectivity index (χ0n) is 10.3. The summed E-state index contributed by atoms with van der Waals surface area (Å²) in [5.74, 6) is 0. The summed E-state index contributed by atoms with van der Waals surface area (Å²) in [5.41, 5.74) is 1.18. The number of aliphatic hydroxyl groups is 1. The predicted molar refractivity (Wildman–Crippen MR) is 63.8 cm³/mol. The van der Waals surface area contributed by atoms with Crippen LogP contribution in [0.1, 0.15) is 32.8 Å². The van der Waals surface area contributed by atoms with E-state index in [1.54, 1.807) is 0 Å². The Morgan fingerprint density at radius 3 is 2.56 bits per heavy atom. The molecule has 16 heavy (non-hydrogen) atoms. The van der Waals surface area contributed by atoms with Crippen molar-refractivity contribution < 1.29 is 5.11 Å². The van der Waals surface area contributed by atoms with E-state index in [4.69, 9.17) is 0 Å². The average molecular weight is 223 g/mol. The minimum Gasteiger partial charge on any atom is -0.393 e. The summed E-state index contributed by atoms with van der Waals surface area (Å²) >= 11 is 0. The van der Waals surface area contributed by atoms with E-state index in [-0.39, 0.29) is 11.5 Å². The summed E-state index contributed by atoms with van der Waals surface area (Å²) in [6, 6.07) is 0. The first-order valence-electron chi connectivity index (χ1n) is 5.62. The van der Waals surface area contributed by atoms with Crippen molar-refractivity contribution in [1.29, 1.82) is 0 Å². The molecule has 1 aromatic rings. The molecule has 1 heterocycles. The molecule has 0 amide bonds. The van der Waals surface area contributed by atoms with Crippen molar-refractivity contribution >= 4 is 0 Å². The SMILES string of the molecule is CC(O)CC(C)(C)CNCc1cncnc1. The first-order chi connectivity index (χ1) is 7.49. The lowest BCUT2D eigenvalue weighted by molar-refractivity contribution is 0.128. The van der Waals surface area contributed by atoms with Crippen molar-refractivity contribution in [1.82, 2.24) is 15.3 Å². The number of aromatic nitrogens is 2. The summed E-state index contributed by atoms with van der Waals surface area (Å²) in [7, 11) is 0. The molecule has 1 aromatic heterocycles. The highest BCUT2D eigenvalue weighted by molar-refractivity contribution is 5.01. The molecular formula is C12H21N3O. The first kappa shape index (κ1) is 13.1. The van der Waals surface area contributed by atoms with Gasteiger partial charge in [0.05, 0.1) is 6.10 Å². The van der Waals surface area contributed by atoms with E-state index in [1.807, 2.05) is 19.3 Å². The fourth-order valence-electron chi connectivity index (χ4n) is 1.84. The Bertz CT molecular complexity index is 298. The number of nitrogens with one attached hydrogen (secondary N) is 1. The maximum atomic E-state index is 9.36. The standard InChI is InChI=1S/C12H21N3O/c1-10(16)4-12(2,3)8-13-5-11-6-14-9-15-7-11/h6-7,9-10,13,16H,4-5,8H2,1-3H3. The molecule has 4 nitrogen and oxygen atoms in total. The van der Waals surface area contributed by atoms with E-state index >= 15 is 0 Å². The van der Waals surface area contributed by atoms with Gasteiger partial charge in [0.25, 0.3) is 0 Å². The highest BCUT2D eigenvalue weighted by Crippen LogP contribution is 2.21. The Morgan fingerprint density at radius 2 is 2.00 bits per heavy atom. The molecule has 1 unspecified atom stereocenters. The van der Waals surface area contributed by atoms with Crippen LogP contribution in [0.25, 0.3) is 0 Å². The highest BCUT2D eigenvalue weighted by atomic mass is 16.3. The maximum absolute atomic E-state index is 9.36. The Kier molecular flexibility index (Phi) is 4.83. The summed E-state index contributed by atoms with van der Waals surface area (Å²) in [5, 5.41) is 12.7. The van der Waals surface area contributed by atoms with Crippen LogP contribution >= 0.6 is 0 Å². The van der Waals surface area contributed by atoms with Crippen LogP contribution < -0.4 is 5.32 Å². The van der Waals surface area contributed by atoms with Crippen LogP contribution in [0.4, 0.5) is 0 Å². The molecule has 0 aliphatic heterocycles.